The van der Waals surface area contributed by atoms with E-state index in [0.29, 0.717) is 5.88 Å². The van der Waals surface area contributed by atoms with Crippen molar-refractivity contribution in [2.45, 2.75) is 31.6 Å². The molecule has 0 amide bonds. The number of rotatable bonds is 5. The van der Waals surface area contributed by atoms with Crippen LogP contribution in [0, 0.1) is 0 Å². The van der Waals surface area contributed by atoms with Crippen LogP contribution in [0.1, 0.15) is 19.7 Å². The summed E-state index contributed by atoms with van der Waals surface area (Å²) in [5.41, 5.74) is 2.22. The van der Waals surface area contributed by atoms with E-state index in [0.717, 1.165) is 28.8 Å². The summed E-state index contributed by atoms with van der Waals surface area (Å²) in [6.45, 7) is 5.46. The third-order valence-electron chi connectivity index (χ3n) is 3.20. The third-order valence-corrected chi connectivity index (χ3v) is 5.12. The topological polar surface area (TPSA) is 17.8 Å². The van der Waals surface area contributed by atoms with E-state index >= 15 is 0 Å². The third kappa shape index (κ3) is 3.47. The SMILES string of the molecule is CSC(C)(C)Cn1c(CCCl)nc2cc(Br)ccc21. The highest BCUT2D eigenvalue weighted by Gasteiger charge is 2.20. The summed E-state index contributed by atoms with van der Waals surface area (Å²) in [6.07, 6.45) is 2.95. The van der Waals surface area contributed by atoms with Crippen LogP contribution in [0.5, 0.6) is 0 Å². The first-order valence-electron chi connectivity index (χ1n) is 6.22. The first-order valence-corrected chi connectivity index (χ1v) is 8.78. The number of thioether (sulfide) groups is 1. The zero-order valence-corrected chi connectivity index (χ0v) is 14.6. The standard InChI is InChI=1S/C14H18BrClN2S/c1-14(2,19-3)9-18-12-5-4-10(15)8-11(12)17-13(18)6-7-16/h4-5,8H,6-7,9H2,1-3H3. The van der Waals surface area contributed by atoms with Gasteiger partial charge in [-0.05, 0) is 38.3 Å². The number of nitrogens with zero attached hydrogens (tertiary/aromatic N) is 2. The minimum Gasteiger partial charge on any atom is -0.327 e. The van der Waals surface area contributed by atoms with Crippen molar-refractivity contribution in [2.75, 3.05) is 12.1 Å². The van der Waals surface area contributed by atoms with Gasteiger partial charge in [-0.1, -0.05) is 15.9 Å². The molecule has 0 atom stereocenters. The molecule has 0 bridgehead atoms. The van der Waals surface area contributed by atoms with Gasteiger partial charge in [0.15, 0.2) is 0 Å². The molecule has 0 aliphatic rings. The van der Waals surface area contributed by atoms with E-state index in [1.54, 1.807) is 0 Å². The summed E-state index contributed by atoms with van der Waals surface area (Å²) in [4.78, 5) is 4.72. The molecule has 104 valence electrons. The van der Waals surface area contributed by atoms with Crippen LogP contribution in [-0.4, -0.2) is 26.4 Å². The lowest BCUT2D eigenvalue weighted by Crippen LogP contribution is -2.23. The van der Waals surface area contributed by atoms with Gasteiger partial charge in [0.2, 0.25) is 0 Å². The van der Waals surface area contributed by atoms with E-state index in [2.05, 4.69) is 58.8 Å². The Hall–Kier alpha value is -0.190. The molecular weight excluding hydrogens is 344 g/mol. The molecule has 0 aliphatic heterocycles. The number of benzene rings is 1. The zero-order valence-electron chi connectivity index (χ0n) is 11.4. The molecule has 0 saturated heterocycles. The van der Waals surface area contributed by atoms with Crippen LogP contribution < -0.4 is 0 Å². The number of imidazole rings is 1. The Kier molecular flexibility index (Phi) is 4.85. The smallest absolute Gasteiger partial charge is 0.111 e. The quantitative estimate of drug-likeness (QED) is 0.717. The molecule has 1 aromatic carbocycles. The van der Waals surface area contributed by atoms with E-state index in [4.69, 9.17) is 16.6 Å². The Morgan fingerprint density at radius 1 is 1.42 bits per heavy atom. The molecule has 19 heavy (non-hydrogen) atoms. The lowest BCUT2D eigenvalue weighted by atomic mass is 10.2. The van der Waals surface area contributed by atoms with Crippen molar-refractivity contribution in [3.8, 4) is 0 Å². The van der Waals surface area contributed by atoms with Crippen LogP contribution in [0.15, 0.2) is 22.7 Å². The molecule has 0 fully saturated rings. The van der Waals surface area contributed by atoms with Crippen molar-refractivity contribution in [1.29, 1.82) is 0 Å². The van der Waals surface area contributed by atoms with Crippen molar-refractivity contribution in [2.24, 2.45) is 0 Å². The predicted octanol–water partition coefficient (Wildman–Crippen LogP) is 4.72. The predicted molar refractivity (Wildman–Crippen MR) is 89.5 cm³/mol. The van der Waals surface area contributed by atoms with Crippen LogP contribution in [-0.2, 0) is 13.0 Å². The molecule has 1 aromatic heterocycles. The minimum atomic E-state index is 0.182. The van der Waals surface area contributed by atoms with Gasteiger partial charge in [-0.25, -0.2) is 4.98 Å². The molecule has 0 spiro atoms. The summed E-state index contributed by atoms with van der Waals surface area (Å²) in [6, 6.07) is 6.26. The van der Waals surface area contributed by atoms with E-state index < -0.39 is 0 Å². The molecule has 5 heteroatoms. The fourth-order valence-electron chi connectivity index (χ4n) is 2.05. The summed E-state index contributed by atoms with van der Waals surface area (Å²) in [5, 5.41) is 0. The zero-order chi connectivity index (χ0) is 14.0. The summed E-state index contributed by atoms with van der Waals surface area (Å²) >= 11 is 11.3. The molecule has 2 rings (SSSR count). The first-order chi connectivity index (χ1) is 8.96. The monoisotopic (exact) mass is 360 g/mol. The molecule has 2 nitrogen and oxygen atoms in total. The Balaban J connectivity index is 2.52. The van der Waals surface area contributed by atoms with Gasteiger partial charge < -0.3 is 4.57 Å². The number of fused-ring (bicyclic) bond motifs is 1. The summed E-state index contributed by atoms with van der Waals surface area (Å²) < 4.78 is 3.55. The Labute approximate surface area is 132 Å². The van der Waals surface area contributed by atoms with Crippen molar-refractivity contribution in [3.05, 3.63) is 28.5 Å². The Morgan fingerprint density at radius 2 is 2.16 bits per heavy atom. The second-order valence-electron chi connectivity index (χ2n) is 5.15. The van der Waals surface area contributed by atoms with E-state index in [1.165, 1.54) is 5.52 Å². The van der Waals surface area contributed by atoms with Gasteiger partial charge in [-0.3, -0.25) is 0 Å². The highest BCUT2D eigenvalue weighted by molar-refractivity contribution is 9.10. The van der Waals surface area contributed by atoms with E-state index in [1.807, 2.05) is 11.8 Å². The Bertz CT molecular complexity index is 580. The van der Waals surface area contributed by atoms with Crippen LogP contribution in [0.4, 0.5) is 0 Å². The van der Waals surface area contributed by atoms with Crippen molar-refractivity contribution < 1.29 is 0 Å². The molecule has 0 saturated carbocycles. The largest absolute Gasteiger partial charge is 0.327 e. The van der Waals surface area contributed by atoms with Gasteiger partial charge >= 0.3 is 0 Å². The second-order valence-corrected chi connectivity index (χ2v) is 7.96. The van der Waals surface area contributed by atoms with Crippen LogP contribution in [0.2, 0.25) is 0 Å². The molecule has 0 radical (unpaired) electrons. The molecule has 0 N–H and O–H groups in total. The van der Waals surface area contributed by atoms with Crippen LogP contribution in [0.3, 0.4) is 0 Å². The van der Waals surface area contributed by atoms with Gasteiger partial charge in [0.25, 0.3) is 0 Å². The molecular formula is C14H18BrClN2S. The fourth-order valence-corrected chi connectivity index (χ4v) is 2.83. The van der Waals surface area contributed by atoms with Crippen LogP contribution >= 0.6 is 39.3 Å². The van der Waals surface area contributed by atoms with Gasteiger partial charge in [0.05, 0.1) is 11.0 Å². The lowest BCUT2D eigenvalue weighted by molar-refractivity contribution is 0.561. The molecule has 1 heterocycles. The number of aryl methyl sites for hydroxylation is 1. The maximum Gasteiger partial charge on any atom is 0.111 e. The maximum atomic E-state index is 5.90. The maximum absolute atomic E-state index is 5.90. The molecule has 0 aliphatic carbocycles. The van der Waals surface area contributed by atoms with Crippen molar-refractivity contribution in [1.82, 2.24) is 9.55 Å². The van der Waals surface area contributed by atoms with E-state index in [9.17, 15) is 0 Å². The number of hydrogen-bond acceptors (Lipinski definition) is 2. The van der Waals surface area contributed by atoms with Crippen molar-refractivity contribution >= 4 is 50.3 Å². The van der Waals surface area contributed by atoms with Gasteiger partial charge in [0.1, 0.15) is 5.82 Å². The van der Waals surface area contributed by atoms with Crippen LogP contribution in [0.25, 0.3) is 11.0 Å². The number of halogens is 2. The van der Waals surface area contributed by atoms with Crippen molar-refractivity contribution in [3.63, 3.8) is 0 Å². The minimum absolute atomic E-state index is 0.182. The average molecular weight is 362 g/mol. The highest BCUT2D eigenvalue weighted by atomic mass is 79.9. The Morgan fingerprint density at radius 3 is 2.79 bits per heavy atom. The summed E-state index contributed by atoms with van der Waals surface area (Å²) in [5.74, 6) is 1.68. The summed E-state index contributed by atoms with van der Waals surface area (Å²) in [7, 11) is 0. The number of alkyl halides is 1. The first kappa shape index (κ1) is 15.2. The molecule has 2 aromatic rings. The fraction of sp³-hybridized carbons (Fsp3) is 0.500. The van der Waals surface area contributed by atoms with Gasteiger partial charge in [-0.15, -0.1) is 11.6 Å². The normalized spacial score (nSPS) is 12.3. The second kappa shape index (κ2) is 6.06. The van der Waals surface area contributed by atoms with E-state index in [-0.39, 0.29) is 4.75 Å². The lowest BCUT2D eigenvalue weighted by Gasteiger charge is -2.24. The average Bonchev–Trinajstić information content (AvgIpc) is 2.67. The number of aromatic nitrogens is 2. The number of hydrogen-bond donors (Lipinski definition) is 0. The van der Waals surface area contributed by atoms with Gasteiger partial charge in [0, 0.05) is 28.1 Å². The van der Waals surface area contributed by atoms with Gasteiger partial charge in [-0.2, -0.15) is 11.8 Å². The highest BCUT2D eigenvalue weighted by Crippen LogP contribution is 2.28. The molecule has 0 unspecified atom stereocenters.